The number of benzene rings is 4. The van der Waals surface area contributed by atoms with Gasteiger partial charge in [0.15, 0.2) is 23.7 Å². The highest BCUT2D eigenvalue weighted by Gasteiger charge is 2.38. The molecule has 0 aliphatic heterocycles. The lowest BCUT2D eigenvalue weighted by Crippen LogP contribution is -2.25. The summed E-state index contributed by atoms with van der Waals surface area (Å²) >= 11 is 0. The molecule has 1 aliphatic rings. The first-order valence-electron chi connectivity index (χ1n) is 11.0. The Labute approximate surface area is 197 Å². The van der Waals surface area contributed by atoms with Crippen molar-refractivity contribution in [2.75, 3.05) is 14.2 Å². The number of methoxy groups -OCH3 is 2. The van der Waals surface area contributed by atoms with Crippen molar-refractivity contribution in [1.82, 2.24) is 0 Å². The van der Waals surface area contributed by atoms with Crippen LogP contribution in [0.5, 0.6) is 11.5 Å². The zero-order chi connectivity index (χ0) is 24.0. The number of ether oxygens (including phenoxy) is 4. The molecule has 0 saturated carbocycles. The van der Waals surface area contributed by atoms with Gasteiger partial charge in [-0.05, 0) is 57.6 Å². The van der Waals surface area contributed by atoms with E-state index in [1.54, 1.807) is 14.2 Å². The fourth-order valence-electron chi connectivity index (χ4n) is 4.92. The molecule has 4 aromatic carbocycles. The van der Waals surface area contributed by atoms with E-state index in [0.717, 1.165) is 43.8 Å². The summed E-state index contributed by atoms with van der Waals surface area (Å²) < 4.78 is 22.5. The van der Waals surface area contributed by atoms with Gasteiger partial charge >= 0.3 is 11.9 Å². The van der Waals surface area contributed by atoms with Crippen LogP contribution in [0.25, 0.3) is 32.7 Å². The number of carbonyl (C=O) groups excluding carboxylic acids is 2. The van der Waals surface area contributed by atoms with E-state index >= 15 is 0 Å². The third-order valence-electron chi connectivity index (χ3n) is 6.25. The SMILES string of the molecule is COc1ccc2c(ccc3cc4c(cc32)-c2ccccc2[C@@H](OC(C)=O)[C@@H]4OC(C)=O)c1OC. The van der Waals surface area contributed by atoms with E-state index in [0.29, 0.717) is 11.5 Å². The second kappa shape index (κ2) is 8.37. The average Bonchev–Trinajstić information content (AvgIpc) is 2.83. The molecule has 0 saturated heterocycles. The standard InChI is InChI=1S/C28H24O6/c1-15(29)33-27-20-8-6-5-7-18(20)23-14-22-17(13-24(23)28(27)34-16(2)30)9-10-21-19(22)11-12-25(31-3)26(21)32-4/h5-14,27-28H,1-4H3/t27-,28-/m1/s1. The van der Waals surface area contributed by atoms with E-state index in [-0.39, 0.29) is 0 Å². The molecule has 6 nitrogen and oxygen atoms in total. The van der Waals surface area contributed by atoms with Crippen LogP contribution in [0.1, 0.15) is 37.2 Å². The third kappa shape index (κ3) is 3.43. The molecule has 1 aliphatic carbocycles. The van der Waals surface area contributed by atoms with Crippen molar-refractivity contribution in [3.05, 3.63) is 71.8 Å². The van der Waals surface area contributed by atoms with Gasteiger partial charge in [0.2, 0.25) is 0 Å². The lowest BCUT2D eigenvalue weighted by atomic mass is 9.80. The second-order valence-corrected chi connectivity index (χ2v) is 8.27. The highest BCUT2D eigenvalue weighted by Crippen LogP contribution is 2.50. The summed E-state index contributed by atoms with van der Waals surface area (Å²) in [7, 11) is 3.25. The molecule has 0 unspecified atom stereocenters. The molecule has 0 aromatic heterocycles. The minimum absolute atomic E-state index is 0.437. The van der Waals surface area contributed by atoms with E-state index in [1.807, 2.05) is 54.6 Å². The molecule has 6 heteroatoms. The molecule has 34 heavy (non-hydrogen) atoms. The Morgan fingerprint density at radius 1 is 0.676 bits per heavy atom. The Bertz CT molecular complexity index is 1450. The van der Waals surface area contributed by atoms with Gasteiger partial charge in [-0.1, -0.05) is 30.3 Å². The lowest BCUT2D eigenvalue weighted by molar-refractivity contribution is -0.167. The fourth-order valence-corrected chi connectivity index (χ4v) is 4.92. The number of rotatable bonds is 4. The summed E-state index contributed by atoms with van der Waals surface area (Å²) in [6.07, 6.45) is -1.48. The minimum atomic E-state index is -0.753. The summed E-state index contributed by atoms with van der Waals surface area (Å²) in [5.74, 6) is 0.459. The number of hydrogen-bond donors (Lipinski definition) is 0. The summed E-state index contributed by atoms with van der Waals surface area (Å²) in [5.41, 5.74) is 3.47. The van der Waals surface area contributed by atoms with Crippen molar-refractivity contribution in [1.29, 1.82) is 0 Å². The Morgan fingerprint density at radius 3 is 2.03 bits per heavy atom. The molecule has 0 N–H and O–H groups in total. The second-order valence-electron chi connectivity index (χ2n) is 8.27. The number of hydrogen-bond acceptors (Lipinski definition) is 6. The highest BCUT2D eigenvalue weighted by molar-refractivity contribution is 6.11. The van der Waals surface area contributed by atoms with Crippen molar-refractivity contribution in [3.8, 4) is 22.6 Å². The Morgan fingerprint density at radius 2 is 1.35 bits per heavy atom. The van der Waals surface area contributed by atoms with Crippen LogP contribution < -0.4 is 9.47 Å². The van der Waals surface area contributed by atoms with Crippen LogP contribution in [-0.4, -0.2) is 26.2 Å². The first kappa shape index (κ1) is 21.8. The zero-order valence-electron chi connectivity index (χ0n) is 19.4. The molecule has 2 atom stereocenters. The molecule has 0 amide bonds. The zero-order valence-corrected chi connectivity index (χ0v) is 19.4. The predicted molar refractivity (Wildman–Crippen MR) is 129 cm³/mol. The predicted octanol–water partition coefficient (Wildman–Crippen LogP) is 5.90. The largest absolute Gasteiger partial charge is 0.493 e. The van der Waals surface area contributed by atoms with Gasteiger partial charge in [0.1, 0.15) is 0 Å². The molecule has 0 radical (unpaired) electrons. The van der Waals surface area contributed by atoms with E-state index in [9.17, 15) is 9.59 Å². The molecule has 0 heterocycles. The minimum Gasteiger partial charge on any atom is -0.493 e. The summed E-state index contributed by atoms with van der Waals surface area (Å²) in [6.45, 7) is 2.72. The number of carbonyl (C=O) groups is 2. The van der Waals surface area contributed by atoms with Gasteiger partial charge < -0.3 is 18.9 Å². The van der Waals surface area contributed by atoms with Gasteiger partial charge in [0.05, 0.1) is 14.2 Å². The Kier molecular flexibility index (Phi) is 5.36. The molecule has 0 fully saturated rings. The molecule has 172 valence electrons. The van der Waals surface area contributed by atoms with Gasteiger partial charge in [-0.3, -0.25) is 9.59 Å². The van der Waals surface area contributed by atoms with Crippen molar-refractivity contribution >= 4 is 33.5 Å². The van der Waals surface area contributed by atoms with Crippen molar-refractivity contribution in [2.24, 2.45) is 0 Å². The maximum Gasteiger partial charge on any atom is 0.303 e. The van der Waals surface area contributed by atoms with Gasteiger partial charge in [0, 0.05) is 30.4 Å². The molecule has 0 bridgehead atoms. The Hall–Kier alpha value is -4.06. The molecular weight excluding hydrogens is 432 g/mol. The molecular formula is C28H24O6. The highest BCUT2D eigenvalue weighted by atomic mass is 16.6. The fraction of sp³-hybridized carbons (Fsp3) is 0.214. The van der Waals surface area contributed by atoms with E-state index in [2.05, 4.69) is 6.07 Å². The first-order chi connectivity index (χ1) is 16.4. The van der Waals surface area contributed by atoms with E-state index < -0.39 is 24.1 Å². The van der Waals surface area contributed by atoms with Crippen molar-refractivity contribution in [2.45, 2.75) is 26.1 Å². The maximum absolute atomic E-state index is 12.0. The molecule has 0 spiro atoms. The maximum atomic E-state index is 12.0. The van der Waals surface area contributed by atoms with E-state index in [4.69, 9.17) is 18.9 Å². The van der Waals surface area contributed by atoms with Gasteiger partial charge in [-0.2, -0.15) is 0 Å². The van der Waals surface area contributed by atoms with Crippen LogP contribution in [0.2, 0.25) is 0 Å². The van der Waals surface area contributed by atoms with Crippen LogP contribution in [0.3, 0.4) is 0 Å². The molecule has 4 aromatic rings. The van der Waals surface area contributed by atoms with Crippen LogP contribution in [0, 0.1) is 0 Å². The normalized spacial score (nSPS) is 16.5. The van der Waals surface area contributed by atoms with Crippen LogP contribution >= 0.6 is 0 Å². The monoisotopic (exact) mass is 456 g/mol. The van der Waals surface area contributed by atoms with Crippen LogP contribution in [0.4, 0.5) is 0 Å². The summed E-state index contributed by atoms with van der Waals surface area (Å²) in [6, 6.07) is 19.8. The smallest absolute Gasteiger partial charge is 0.303 e. The average molecular weight is 456 g/mol. The lowest BCUT2D eigenvalue weighted by Gasteiger charge is -2.34. The van der Waals surface area contributed by atoms with Crippen LogP contribution in [0.15, 0.2) is 60.7 Å². The number of fused-ring (bicyclic) bond motifs is 6. The quantitative estimate of drug-likeness (QED) is 0.281. The van der Waals surface area contributed by atoms with Gasteiger partial charge in [-0.25, -0.2) is 0 Å². The third-order valence-corrected chi connectivity index (χ3v) is 6.25. The number of esters is 2. The topological polar surface area (TPSA) is 71.1 Å². The summed E-state index contributed by atoms with van der Waals surface area (Å²) in [5, 5.41) is 3.95. The van der Waals surface area contributed by atoms with Crippen LogP contribution in [-0.2, 0) is 19.1 Å². The van der Waals surface area contributed by atoms with Crippen molar-refractivity contribution in [3.63, 3.8) is 0 Å². The van der Waals surface area contributed by atoms with Gasteiger partial charge in [-0.15, -0.1) is 0 Å². The van der Waals surface area contributed by atoms with Gasteiger partial charge in [0.25, 0.3) is 0 Å². The molecule has 5 rings (SSSR count). The first-order valence-corrected chi connectivity index (χ1v) is 11.0. The van der Waals surface area contributed by atoms with Crippen molar-refractivity contribution < 1.29 is 28.5 Å². The summed E-state index contributed by atoms with van der Waals surface area (Å²) in [4.78, 5) is 24.0. The van der Waals surface area contributed by atoms with E-state index in [1.165, 1.54) is 13.8 Å². The Balaban J connectivity index is 1.82.